The Balaban J connectivity index is 3.04. The predicted molar refractivity (Wildman–Crippen MR) is 60.8 cm³/mol. The molecule has 15 heavy (non-hydrogen) atoms. The zero-order valence-corrected chi connectivity index (χ0v) is 10.0. The maximum absolute atomic E-state index is 6.15. The van der Waals surface area contributed by atoms with Crippen molar-refractivity contribution in [1.82, 2.24) is 9.78 Å². The molecule has 0 aliphatic carbocycles. The van der Waals surface area contributed by atoms with Crippen LogP contribution in [0.1, 0.15) is 38.9 Å². The minimum absolute atomic E-state index is 0.0194. The van der Waals surface area contributed by atoms with Crippen LogP contribution in [0.25, 0.3) is 0 Å². The molecule has 0 amide bonds. The lowest BCUT2D eigenvalue weighted by molar-refractivity contribution is 0.385. The summed E-state index contributed by atoms with van der Waals surface area (Å²) < 4.78 is 7.23. The van der Waals surface area contributed by atoms with Crippen molar-refractivity contribution in [3.63, 3.8) is 0 Å². The van der Waals surface area contributed by atoms with Gasteiger partial charge in [0.25, 0.3) is 0 Å². The second-order valence-electron chi connectivity index (χ2n) is 4.09. The summed E-state index contributed by atoms with van der Waals surface area (Å²) >= 11 is 0. The molecule has 1 unspecified atom stereocenters. The Morgan fingerprint density at radius 3 is 2.67 bits per heavy atom. The fourth-order valence-corrected chi connectivity index (χ4v) is 1.58. The average Bonchev–Trinajstić information content (AvgIpc) is 2.60. The van der Waals surface area contributed by atoms with Crippen molar-refractivity contribution in [2.24, 2.45) is 11.7 Å². The Morgan fingerprint density at radius 1 is 1.53 bits per heavy atom. The summed E-state index contributed by atoms with van der Waals surface area (Å²) in [6.07, 6.45) is 2.79. The molecule has 4 nitrogen and oxygen atoms in total. The van der Waals surface area contributed by atoms with Crippen LogP contribution in [0.3, 0.4) is 0 Å². The van der Waals surface area contributed by atoms with E-state index >= 15 is 0 Å². The molecule has 0 aliphatic rings. The third-order valence-electron chi connectivity index (χ3n) is 2.53. The van der Waals surface area contributed by atoms with E-state index in [2.05, 4.69) is 25.9 Å². The quantitative estimate of drug-likeness (QED) is 0.810. The molecule has 0 aliphatic heterocycles. The molecule has 86 valence electrons. The van der Waals surface area contributed by atoms with Gasteiger partial charge in [0, 0.05) is 6.54 Å². The molecular weight excluding hydrogens is 190 g/mol. The zero-order chi connectivity index (χ0) is 11.4. The predicted octanol–water partition coefficient (Wildman–Crippen LogP) is 1.96. The first kappa shape index (κ1) is 12.0. The highest BCUT2D eigenvalue weighted by Crippen LogP contribution is 2.28. The molecular formula is C11H21N3O. The molecule has 1 rings (SSSR count). The summed E-state index contributed by atoms with van der Waals surface area (Å²) in [6.45, 7) is 7.22. The second-order valence-corrected chi connectivity index (χ2v) is 4.09. The van der Waals surface area contributed by atoms with Crippen molar-refractivity contribution < 1.29 is 4.74 Å². The van der Waals surface area contributed by atoms with Gasteiger partial charge in [0.05, 0.1) is 25.0 Å². The van der Waals surface area contributed by atoms with Gasteiger partial charge in [0.1, 0.15) is 0 Å². The fourth-order valence-electron chi connectivity index (χ4n) is 1.58. The van der Waals surface area contributed by atoms with E-state index in [1.165, 1.54) is 0 Å². The fraction of sp³-hybridized carbons (Fsp3) is 0.727. The van der Waals surface area contributed by atoms with E-state index < -0.39 is 0 Å². The van der Waals surface area contributed by atoms with Crippen molar-refractivity contribution in [2.45, 2.75) is 39.8 Å². The molecule has 1 atom stereocenters. The average molecular weight is 211 g/mol. The van der Waals surface area contributed by atoms with Crippen molar-refractivity contribution in [3.8, 4) is 5.75 Å². The Hall–Kier alpha value is -1.03. The summed E-state index contributed by atoms with van der Waals surface area (Å²) in [7, 11) is 1.66. The summed E-state index contributed by atoms with van der Waals surface area (Å²) in [6, 6.07) is -0.0194. The highest BCUT2D eigenvalue weighted by atomic mass is 16.5. The third kappa shape index (κ3) is 2.50. The molecule has 0 saturated carbocycles. The standard InChI is InChI=1S/C11H21N3O/c1-5-6-14-11(10(12)8(2)3)9(15-4)7-13-14/h7-8,10H,5-6,12H2,1-4H3. The number of nitrogens with two attached hydrogens (primary N) is 1. The van der Waals surface area contributed by atoms with Gasteiger partial charge in [-0.25, -0.2) is 0 Å². The van der Waals surface area contributed by atoms with Crippen molar-refractivity contribution in [3.05, 3.63) is 11.9 Å². The summed E-state index contributed by atoms with van der Waals surface area (Å²) in [5, 5.41) is 4.29. The van der Waals surface area contributed by atoms with Crippen LogP contribution in [-0.4, -0.2) is 16.9 Å². The third-order valence-corrected chi connectivity index (χ3v) is 2.53. The molecule has 1 heterocycles. The van der Waals surface area contributed by atoms with Crippen LogP contribution in [0.15, 0.2) is 6.20 Å². The minimum Gasteiger partial charge on any atom is -0.493 e. The van der Waals surface area contributed by atoms with Gasteiger partial charge < -0.3 is 10.5 Å². The lowest BCUT2D eigenvalue weighted by Crippen LogP contribution is -2.21. The molecule has 4 heteroatoms. The normalized spacial score (nSPS) is 13.2. The van der Waals surface area contributed by atoms with Crippen LogP contribution in [0, 0.1) is 5.92 Å². The van der Waals surface area contributed by atoms with Crippen LogP contribution < -0.4 is 10.5 Å². The van der Waals surface area contributed by atoms with E-state index in [1.807, 2.05) is 4.68 Å². The van der Waals surface area contributed by atoms with Crippen LogP contribution in [0.5, 0.6) is 5.75 Å². The monoisotopic (exact) mass is 211 g/mol. The Morgan fingerprint density at radius 2 is 2.20 bits per heavy atom. The first-order chi connectivity index (χ1) is 7.11. The topological polar surface area (TPSA) is 53.1 Å². The van der Waals surface area contributed by atoms with E-state index in [0.29, 0.717) is 5.92 Å². The summed E-state index contributed by atoms with van der Waals surface area (Å²) in [4.78, 5) is 0. The van der Waals surface area contributed by atoms with Gasteiger partial charge in [-0.3, -0.25) is 4.68 Å². The number of aryl methyl sites for hydroxylation is 1. The van der Waals surface area contributed by atoms with E-state index in [0.717, 1.165) is 24.4 Å². The largest absolute Gasteiger partial charge is 0.493 e. The molecule has 0 saturated heterocycles. The lowest BCUT2D eigenvalue weighted by Gasteiger charge is -2.18. The highest BCUT2D eigenvalue weighted by molar-refractivity contribution is 5.28. The van der Waals surface area contributed by atoms with Crippen LogP contribution in [0.4, 0.5) is 0 Å². The van der Waals surface area contributed by atoms with Crippen LogP contribution >= 0.6 is 0 Å². The lowest BCUT2D eigenvalue weighted by atomic mass is 10.0. The maximum atomic E-state index is 6.15. The molecule has 1 aromatic heterocycles. The van der Waals surface area contributed by atoms with E-state index in [4.69, 9.17) is 10.5 Å². The number of ether oxygens (including phenoxy) is 1. The van der Waals surface area contributed by atoms with Gasteiger partial charge in [-0.15, -0.1) is 0 Å². The SMILES string of the molecule is CCCn1ncc(OC)c1C(N)C(C)C. The van der Waals surface area contributed by atoms with Crippen molar-refractivity contribution in [2.75, 3.05) is 7.11 Å². The highest BCUT2D eigenvalue weighted by Gasteiger charge is 2.20. The number of hydrogen-bond acceptors (Lipinski definition) is 3. The van der Waals surface area contributed by atoms with Gasteiger partial charge in [-0.05, 0) is 12.3 Å². The summed E-state index contributed by atoms with van der Waals surface area (Å²) in [5.74, 6) is 1.18. The molecule has 0 fully saturated rings. The number of aromatic nitrogens is 2. The van der Waals surface area contributed by atoms with E-state index in [1.54, 1.807) is 13.3 Å². The van der Waals surface area contributed by atoms with Crippen molar-refractivity contribution in [1.29, 1.82) is 0 Å². The maximum Gasteiger partial charge on any atom is 0.161 e. The van der Waals surface area contributed by atoms with Gasteiger partial charge in [0.2, 0.25) is 0 Å². The Bertz CT molecular complexity index is 307. The first-order valence-electron chi connectivity index (χ1n) is 5.47. The van der Waals surface area contributed by atoms with E-state index in [9.17, 15) is 0 Å². The van der Waals surface area contributed by atoms with Gasteiger partial charge in [0.15, 0.2) is 5.75 Å². The molecule has 0 bridgehead atoms. The molecule has 1 aromatic rings. The van der Waals surface area contributed by atoms with E-state index in [-0.39, 0.29) is 6.04 Å². The number of methoxy groups -OCH3 is 1. The Kier molecular flexibility index (Phi) is 4.15. The minimum atomic E-state index is -0.0194. The zero-order valence-electron chi connectivity index (χ0n) is 10.0. The second kappa shape index (κ2) is 5.16. The van der Waals surface area contributed by atoms with Gasteiger partial charge >= 0.3 is 0 Å². The first-order valence-corrected chi connectivity index (χ1v) is 5.47. The number of nitrogens with zero attached hydrogens (tertiary/aromatic N) is 2. The van der Waals surface area contributed by atoms with Gasteiger partial charge in [-0.1, -0.05) is 20.8 Å². The van der Waals surface area contributed by atoms with Crippen LogP contribution in [0.2, 0.25) is 0 Å². The molecule has 0 aromatic carbocycles. The summed E-state index contributed by atoms with van der Waals surface area (Å²) in [5.41, 5.74) is 7.16. The van der Waals surface area contributed by atoms with Crippen LogP contribution in [-0.2, 0) is 6.54 Å². The number of hydrogen-bond donors (Lipinski definition) is 1. The van der Waals surface area contributed by atoms with Gasteiger partial charge in [-0.2, -0.15) is 5.10 Å². The molecule has 2 N–H and O–H groups in total. The Labute approximate surface area is 91.4 Å². The number of rotatable bonds is 5. The smallest absolute Gasteiger partial charge is 0.161 e. The van der Waals surface area contributed by atoms with Crippen molar-refractivity contribution >= 4 is 0 Å². The molecule has 0 radical (unpaired) electrons. The molecule has 0 spiro atoms.